The maximum absolute atomic E-state index is 12.0. The molecule has 1 unspecified atom stereocenters. The van der Waals surface area contributed by atoms with Crippen molar-refractivity contribution in [3.63, 3.8) is 0 Å². The zero-order valence-electron chi connectivity index (χ0n) is 11.1. The number of nitro groups is 1. The van der Waals surface area contributed by atoms with Gasteiger partial charge in [0.15, 0.2) is 0 Å². The Morgan fingerprint density at radius 3 is 2.80 bits per heavy atom. The van der Waals surface area contributed by atoms with Crippen LogP contribution >= 0.6 is 23.4 Å². The van der Waals surface area contributed by atoms with Crippen LogP contribution in [-0.4, -0.2) is 40.1 Å². The van der Waals surface area contributed by atoms with Gasteiger partial charge in [0.25, 0.3) is 11.6 Å². The van der Waals surface area contributed by atoms with Gasteiger partial charge >= 0.3 is 0 Å². The van der Waals surface area contributed by atoms with Crippen LogP contribution in [0.5, 0.6) is 0 Å². The highest BCUT2D eigenvalue weighted by molar-refractivity contribution is 7.98. The van der Waals surface area contributed by atoms with Crippen molar-refractivity contribution in [2.45, 2.75) is 12.5 Å². The molecule has 1 rings (SSSR count). The summed E-state index contributed by atoms with van der Waals surface area (Å²) in [6, 6.07) is 3.64. The molecule has 1 aromatic rings. The number of nitro benzene ring substituents is 1. The Kier molecular flexibility index (Phi) is 5.79. The summed E-state index contributed by atoms with van der Waals surface area (Å²) in [4.78, 5) is 22.0. The molecule has 8 heteroatoms. The highest BCUT2D eigenvalue weighted by Gasteiger charge is 2.22. The van der Waals surface area contributed by atoms with E-state index in [0.717, 1.165) is 6.07 Å². The van der Waals surface area contributed by atoms with Gasteiger partial charge in [-0.1, -0.05) is 11.6 Å². The highest BCUT2D eigenvalue weighted by Crippen LogP contribution is 2.22. The van der Waals surface area contributed by atoms with Crippen molar-refractivity contribution in [3.05, 3.63) is 38.9 Å². The smallest absolute Gasteiger partial charge is 0.270 e. The van der Waals surface area contributed by atoms with Gasteiger partial charge in [-0.15, -0.1) is 0 Å². The van der Waals surface area contributed by atoms with Crippen LogP contribution in [0.1, 0.15) is 17.3 Å². The lowest BCUT2D eigenvalue weighted by Crippen LogP contribution is -2.42. The lowest BCUT2D eigenvalue weighted by Gasteiger charge is -2.22. The molecule has 1 atom stereocenters. The van der Waals surface area contributed by atoms with Gasteiger partial charge in [-0.2, -0.15) is 11.8 Å². The molecule has 0 bridgehead atoms. The molecule has 2 N–H and O–H groups in total. The molecule has 0 aliphatic heterocycles. The summed E-state index contributed by atoms with van der Waals surface area (Å²) in [5, 5.41) is 23.3. The Balaban J connectivity index is 2.82. The molecule has 0 aliphatic carbocycles. The van der Waals surface area contributed by atoms with E-state index in [4.69, 9.17) is 11.6 Å². The molecule has 0 aliphatic rings. The summed E-state index contributed by atoms with van der Waals surface area (Å²) < 4.78 is 0. The molecule has 1 amide bonds. The Bertz CT molecular complexity index is 522. The standard InChI is InChI=1S/C12H15ClN2O4S/c1-12(17,7-20-2)6-14-11(16)9-5-8(15(18)19)3-4-10(9)13/h3-5,17H,6-7H2,1-2H3,(H,14,16). The van der Waals surface area contributed by atoms with Crippen LogP contribution in [0.2, 0.25) is 5.02 Å². The molecule has 0 saturated carbocycles. The van der Waals surface area contributed by atoms with Crippen molar-refractivity contribution in [2.24, 2.45) is 0 Å². The summed E-state index contributed by atoms with van der Waals surface area (Å²) in [5.74, 6) is -0.101. The second-order valence-corrected chi connectivity index (χ2v) is 5.81. The number of benzene rings is 1. The zero-order valence-corrected chi connectivity index (χ0v) is 12.6. The lowest BCUT2D eigenvalue weighted by molar-refractivity contribution is -0.384. The van der Waals surface area contributed by atoms with Gasteiger partial charge in [-0.05, 0) is 19.2 Å². The predicted molar refractivity (Wildman–Crippen MR) is 79.4 cm³/mol. The van der Waals surface area contributed by atoms with Gasteiger partial charge in [0.05, 0.1) is 21.1 Å². The Morgan fingerprint density at radius 1 is 1.60 bits per heavy atom. The van der Waals surface area contributed by atoms with Crippen molar-refractivity contribution >= 4 is 35.0 Å². The fraction of sp³-hybridized carbons (Fsp3) is 0.417. The molecule has 0 spiro atoms. The minimum absolute atomic E-state index is 0.0146. The van der Waals surface area contributed by atoms with Gasteiger partial charge in [0.1, 0.15) is 0 Å². The van der Waals surface area contributed by atoms with Crippen molar-refractivity contribution < 1.29 is 14.8 Å². The number of nitrogens with zero attached hydrogens (tertiary/aromatic N) is 1. The van der Waals surface area contributed by atoms with Crippen LogP contribution < -0.4 is 5.32 Å². The number of hydrogen-bond acceptors (Lipinski definition) is 5. The SMILES string of the molecule is CSCC(C)(O)CNC(=O)c1cc([N+](=O)[O-])ccc1Cl. The third kappa shape index (κ3) is 4.66. The Hall–Kier alpha value is -1.31. The average molecular weight is 319 g/mol. The van der Waals surface area contributed by atoms with Gasteiger partial charge in [-0.3, -0.25) is 14.9 Å². The minimum atomic E-state index is -1.05. The molecule has 110 valence electrons. The molecule has 0 radical (unpaired) electrons. The first-order valence-corrected chi connectivity index (χ1v) is 7.47. The minimum Gasteiger partial charge on any atom is -0.387 e. The molecular weight excluding hydrogens is 304 g/mol. The Morgan fingerprint density at radius 2 is 2.25 bits per heavy atom. The van der Waals surface area contributed by atoms with E-state index in [-0.39, 0.29) is 22.8 Å². The van der Waals surface area contributed by atoms with E-state index in [2.05, 4.69) is 5.32 Å². The third-order valence-corrected chi connectivity index (χ3v) is 3.73. The number of rotatable bonds is 6. The number of carbonyl (C=O) groups is 1. The number of amides is 1. The molecule has 0 aromatic heterocycles. The van der Waals surface area contributed by atoms with Gasteiger partial charge in [0, 0.05) is 24.4 Å². The van der Waals surface area contributed by atoms with E-state index >= 15 is 0 Å². The van der Waals surface area contributed by atoms with E-state index in [0.29, 0.717) is 5.75 Å². The lowest BCUT2D eigenvalue weighted by atomic mass is 10.1. The van der Waals surface area contributed by atoms with Crippen LogP contribution in [0.3, 0.4) is 0 Å². The first-order valence-electron chi connectivity index (χ1n) is 5.70. The van der Waals surface area contributed by atoms with Crippen LogP contribution in [0, 0.1) is 10.1 Å². The Labute approximate surface area is 125 Å². The van der Waals surface area contributed by atoms with Crippen LogP contribution in [-0.2, 0) is 0 Å². The fourth-order valence-electron chi connectivity index (χ4n) is 1.53. The molecular formula is C12H15ClN2O4S. The molecule has 0 saturated heterocycles. The van der Waals surface area contributed by atoms with E-state index in [9.17, 15) is 20.0 Å². The molecule has 20 heavy (non-hydrogen) atoms. The summed E-state index contributed by atoms with van der Waals surface area (Å²) in [7, 11) is 0. The first-order chi connectivity index (χ1) is 9.26. The number of carbonyl (C=O) groups excluding carboxylic acids is 1. The topological polar surface area (TPSA) is 92.5 Å². The summed E-state index contributed by atoms with van der Waals surface area (Å²) in [6.07, 6.45) is 1.84. The normalized spacial score (nSPS) is 13.6. The van der Waals surface area contributed by atoms with Crippen molar-refractivity contribution in [3.8, 4) is 0 Å². The number of nitrogens with one attached hydrogen (secondary N) is 1. The van der Waals surface area contributed by atoms with Gasteiger partial charge < -0.3 is 10.4 Å². The monoisotopic (exact) mass is 318 g/mol. The number of hydrogen-bond donors (Lipinski definition) is 2. The third-order valence-electron chi connectivity index (χ3n) is 2.49. The fourth-order valence-corrected chi connectivity index (χ4v) is 2.46. The number of halogens is 1. The second kappa shape index (κ2) is 6.92. The highest BCUT2D eigenvalue weighted by atomic mass is 35.5. The van der Waals surface area contributed by atoms with Crippen LogP contribution in [0.15, 0.2) is 18.2 Å². The average Bonchev–Trinajstić information content (AvgIpc) is 2.36. The van der Waals surface area contributed by atoms with Gasteiger partial charge in [0.2, 0.25) is 0 Å². The van der Waals surface area contributed by atoms with E-state index in [1.54, 1.807) is 6.92 Å². The number of non-ortho nitro benzene ring substituents is 1. The van der Waals surface area contributed by atoms with Crippen LogP contribution in [0.4, 0.5) is 5.69 Å². The number of thioether (sulfide) groups is 1. The largest absolute Gasteiger partial charge is 0.387 e. The van der Waals surface area contributed by atoms with E-state index < -0.39 is 16.4 Å². The predicted octanol–water partition coefficient (Wildman–Crippen LogP) is 2.09. The van der Waals surface area contributed by atoms with Crippen molar-refractivity contribution in [1.29, 1.82) is 0 Å². The molecule has 0 fully saturated rings. The van der Waals surface area contributed by atoms with E-state index in [1.807, 2.05) is 6.26 Å². The number of aliphatic hydroxyl groups is 1. The maximum atomic E-state index is 12.0. The summed E-state index contributed by atoms with van der Waals surface area (Å²) >= 11 is 7.31. The second-order valence-electron chi connectivity index (χ2n) is 4.53. The molecule has 0 heterocycles. The molecule has 6 nitrogen and oxygen atoms in total. The van der Waals surface area contributed by atoms with Crippen molar-refractivity contribution in [1.82, 2.24) is 5.32 Å². The first kappa shape index (κ1) is 16.7. The summed E-state index contributed by atoms with van der Waals surface area (Å²) in [5.41, 5.74) is -1.25. The van der Waals surface area contributed by atoms with Gasteiger partial charge in [-0.25, -0.2) is 0 Å². The van der Waals surface area contributed by atoms with Crippen molar-refractivity contribution in [2.75, 3.05) is 18.6 Å². The maximum Gasteiger partial charge on any atom is 0.270 e. The molecule has 1 aromatic carbocycles. The van der Waals surface area contributed by atoms with Crippen LogP contribution in [0.25, 0.3) is 0 Å². The zero-order chi connectivity index (χ0) is 15.3. The summed E-state index contributed by atoms with van der Waals surface area (Å²) in [6.45, 7) is 1.63. The quantitative estimate of drug-likeness (QED) is 0.619. The van der Waals surface area contributed by atoms with E-state index in [1.165, 1.54) is 23.9 Å².